The van der Waals surface area contributed by atoms with Gasteiger partial charge in [0.05, 0.1) is 7.11 Å². The maximum absolute atomic E-state index is 11.1. The van der Waals surface area contributed by atoms with Crippen LogP contribution in [0.5, 0.6) is 5.75 Å². The van der Waals surface area contributed by atoms with E-state index in [2.05, 4.69) is 12.1 Å². The van der Waals surface area contributed by atoms with Crippen LogP contribution >= 0.6 is 0 Å². The van der Waals surface area contributed by atoms with Crippen LogP contribution in [0.25, 0.3) is 0 Å². The van der Waals surface area contributed by atoms with Crippen molar-refractivity contribution in [1.29, 1.82) is 0 Å². The van der Waals surface area contributed by atoms with Crippen molar-refractivity contribution in [2.24, 2.45) is 0 Å². The Balaban J connectivity index is 2.12. The van der Waals surface area contributed by atoms with Crippen molar-refractivity contribution in [3.8, 4) is 5.75 Å². The van der Waals surface area contributed by atoms with Crippen LogP contribution in [0.15, 0.2) is 48.5 Å². The Hall–Kier alpha value is -2.09. The van der Waals surface area contributed by atoms with E-state index < -0.39 is 0 Å². The van der Waals surface area contributed by atoms with Crippen LogP contribution in [-0.2, 0) is 12.8 Å². The Kier molecular flexibility index (Phi) is 4.13. The van der Waals surface area contributed by atoms with E-state index in [1.807, 2.05) is 30.3 Å². The topological polar surface area (TPSA) is 26.3 Å². The third kappa shape index (κ3) is 2.98. The van der Waals surface area contributed by atoms with Crippen molar-refractivity contribution >= 4 is 6.29 Å². The fourth-order valence-electron chi connectivity index (χ4n) is 1.96. The molecule has 0 N–H and O–H groups in total. The third-order valence-electron chi connectivity index (χ3n) is 3.01. The smallest absolute Gasteiger partial charge is 0.150 e. The zero-order valence-electron chi connectivity index (χ0n) is 10.4. The van der Waals surface area contributed by atoms with Gasteiger partial charge in [0.25, 0.3) is 0 Å². The highest BCUT2D eigenvalue weighted by Crippen LogP contribution is 2.18. The molecule has 18 heavy (non-hydrogen) atoms. The summed E-state index contributed by atoms with van der Waals surface area (Å²) in [5, 5.41) is 0. The van der Waals surface area contributed by atoms with Crippen molar-refractivity contribution < 1.29 is 9.53 Å². The molecular weight excluding hydrogens is 224 g/mol. The van der Waals surface area contributed by atoms with Crippen LogP contribution in [0, 0.1) is 0 Å². The molecule has 0 saturated carbocycles. The number of aldehydes is 1. The molecule has 0 radical (unpaired) electrons. The highest BCUT2D eigenvalue weighted by Gasteiger charge is 2.04. The van der Waals surface area contributed by atoms with E-state index in [1.54, 1.807) is 13.2 Å². The number of carbonyl (C=O) groups is 1. The van der Waals surface area contributed by atoms with E-state index in [-0.39, 0.29) is 0 Å². The summed E-state index contributed by atoms with van der Waals surface area (Å²) in [5.74, 6) is 0.723. The first-order chi connectivity index (χ1) is 8.83. The quantitative estimate of drug-likeness (QED) is 0.750. The fourth-order valence-corrected chi connectivity index (χ4v) is 1.96. The minimum atomic E-state index is 0.713. The number of ether oxygens (including phenoxy) is 1. The van der Waals surface area contributed by atoms with Gasteiger partial charge in [-0.25, -0.2) is 0 Å². The van der Waals surface area contributed by atoms with Gasteiger partial charge in [0.15, 0.2) is 0 Å². The van der Waals surface area contributed by atoms with E-state index in [1.165, 1.54) is 5.56 Å². The number of carbonyl (C=O) groups excluding carboxylic acids is 1. The summed E-state index contributed by atoms with van der Waals surface area (Å²) >= 11 is 0. The summed E-state index contributed by atoms with van der Waals surface area (Å²) in [4.78, 5) is 11.1. The molecule has 0 bridgehead atoms. The maximum atomic E-state index is 11.1. The summed E-state index contributed by atoms with van der Waals surface area (Å²) < 4.78 is 5.12. The first-order valence-electron chi connectivity index (χ1n) is 5.99. The van der Waals surface area contributed by atoms with Crippen LogP contribution in [0.2, 0.25) is 0 Å². The first kappa shape index (κ1) is 12.4. The van der Waals surface area contributed by atoms with Crippen molar-refractivity contribution in [3.63, 3.8) is 0 Å². The zero-order valence-corrected chi connectivity index (χ0v) is 10.4. The van der Waals surface area contributed by atoms with Crippen LogP contribution in [0.1, 0.15) is 21.5 Å². The van der Waals surface area contributed by atoms with Crippen molar-refractivity contribution in [3.05, 3.63) is 65.2 Å². The van der Waals surface area contributed by atoms with Crippen LogP contribution < -0.4 is 4.74 Å². The first-order valence-corrected chi connectivity index (χ1v) is 5.99. The van der Waals surface area contributed by atoms with Crippen LogP contribution in [0.4, 0.5) is 0 Å². The van der Waals surface area contributed by atoms with E-state index in [0.29, 0.717) is 5.56 Å². The summed E-state index contributed by atoms with van der Waals surface area (Å²) in [6.45, 7) is 0. The van der Waals surface area contributed by atoms with Gasteiger partial charge in [-0.3, -0.25) is 4.79 Å². The van der Waals surface area contributed by atoms with Gasteiger partial charge in [0.1, 0.15) is 12.0 Å². The monoisotopic (exact) mass is 240 g/mol. The molecule has 0 fully saturated rings. The molecular formula is C16H16O2. The van der Waals surface area contributed by atoms with Crippen LogP contribution in [0.3, 0.4) is 0 Å². The van der Waals surface area contributed by atoms with Gasteiger partial charge >= 0.3 is 0 Å². The van der Waals surface area contributed by atoms with E-state index in [4.69, 9.17) is 4.74 Å². The SMILES string of the molecule is COc1ccc(CCc2ccccc2)c(C=O)c1. The number of hydrogen-bond donors (Lipinski definition) is 0. The molecule has 0 spiro atoms. The molecule has 0 aliphatic heterocycles. The second-order valence-electron chi connectivity index (χ2n) is 4.17. The number of rotatable bonds is 5. The van der Waals surface area contributed by atoms with Crippen molar-refractivity contribution in [2.75, 3.05) is 7.11 Å². The van der Waals surface area contributed by atoms with Gasteiger partial charge in [0.2, 0.25) is 0 Å². The highest BCUT2D eigenvalue weighted by molar-refractivity contribution is 5.78. The molecule has 92 valence electrons. The summed E-state index contributed by atoms with van der Waals surface area (Å²) in [7, 11) is 1.60. The summed E-state index contributed by atoms with van der Waals surface area (Å²) in [6, 6.07) is 15.9. The standard InChI is InChI=1S/C16H16O2/c1-18-16-10-9-14(15(11-16)12-17)8-7-13-5-3-2-4-6-13/h2-6,9-12H,7-8H2,1H3. The Bertz CT molecular complexity index is 518. The average molecular weight is 240 g/mol. The number of methoxy groups -OCH3 is 1. The Labute approximate surface area is 107 Å². The second-order valence-corrected chi connectivity index (χ2v) is 4.17. The maximum Gasteiger partial charge on any atom is 0.150 e. The second kappa shape index (κ2) is 6.01. The highest BCUT2D eigenvalue weighted by atomic mass is 16.5. The lowest BCUT2D eigenvalue weighted by atomic mass is 10.0. The lowest BCUT2D eigenvalue weighted by molar-refractivity contribution is 0.112. The number of hydrogen-bond acceptors (Lipinski definition) is 2. The van der Waals surface area contributed by atoms with Gasteiger partial charge in [-0.2, -0.15) is 0 Å². The molecule has 0 aliphatic carbocycles. The molecule has 2 aromatic carbocycles. The largest absolute Gasteiger partial charge is 0.497 e. The molecule has 2 nitrogen and oxygen atoms in total. The van der Waals surface area contributed by atoms with E-state index in [0.717, 1.165) is 30.4 Å². The summed E-state index contributed by atoms with van der Waals surface area (Å²) in [6.07, 6.45) is 2.69. The number of aryl methyl sites for hydroxylation is 2. The molecule has 0 atom stereocenters. The molecule has 0 aliphatic rings. The van der Waals surface area contributed by atoms with Gasteiger partial charge in [-0.05, 0) is 36.1 Å². The molecule has 2 rings (SSSR count). The predicted octanol–water partition coefficient (Wildman–Crippen LogP) is 3.29. The molecule has 0 amide bonds. The molecule has 0 aromatic heterocycles. The minimum absolute atomic E-state index is 0.713. The fraction of sp³-hybridized carbons (Fsp3) is 0.188. The van der Waals surface area contributed by atoms with Crippen molar-refractivity contribution in [1.82, 2.24) is 0 Å². The Morgan fingerprint density at radius 2 is 1.83 bits per heavy atom. The Morgan fingerprint density at radius 1 is 1.06 bits per heavy atom. The molecule has 2 heteroatoms. The van der Waals surface area contributed by atoms with Gasteiger partial charge < -0.3 is 4.74 Å². The van der Waals surface area contributed by atoms with Gasteiger partial charge in [0, 0.05) is 5.56 Å². The van der Waals surface area contributed by atoms with Crippen molar-refractivity contribution in [2.45, 2.75) is 12.8 Å². The molecule has 0 saturated heterocycles. The lowest BCUT2D eigenvalue weighted by Crippen LogP contribution is -1.97. The van der Waals surface area contributed by atoms with Gasteiger partial charge in [-0.15, -0.1) is 0 Å². The Morgan fingerprint density at radius 3 is 2.50 bits per heavy atom. The minimum Gasteiger partial charge on any atom is -0.497 e. The molecule has 2 aromatic rings. The van der Waals surface area contributed by atoms with E-state index in [9.17, 15) is 4.79 Å². The normalized spacial score (nSPS) is 10.1. The summed E-state index contributed by atoms with van der Waals surface area (Å²) in [5.41, 5.74) is 3.06. The molecule has 0 unspecified atom stereocenters. The van der Waals surface area contributed by atoms with Crippen LogP contribution in [-0.4, -0.2) is 13.4 Å². The average Bonchev–Trinajstić information content (AvgIpc) is 2.46. The number of benzene rings is 2. The predicted molar refractivity (Wildman–Crippen MR) is 72.2 cm³/mol. The third-order valence-corrected chi connectivity index (χ3v) is 3.01. The van der Waals surface area contributed by atoms with E-state index >= 15 is 0 Å². The lowest BCUT2D eigenvalue weighted by Gasteiger charge is -2.07. The zero-order chi connectivity index (χ0) is 12.8. The molecule has 0 heterocycles. The van der Waals surface area contributed by atoms with Gasteiger partial charge in [-0.1, -0.05) is 36.4 Å².